The normalized spacial score (nSPS) is 12.2. The third-order valence-electron chi connectivity index (χ3n) is 3.71. The Morgan fingerprint density at radius 2 is 1.96 bits per heavy atom. The van der Waals surface area contributed by atoms with Crippen LogP contribution in [-0.2, 0) is 6.42 Å². The molecule has 0 spiro atoms. The number of carbonyl (C=O) groups is 1. The second kappa shape index (κ2) is 7.38. The lowest BCUT2D eigenvalue weighted by atomic mass is 10.1. The minimum atomic E-state index is -0.148. The summed E-state index contributed by atoms with van der Waals surface area (Å²) in [4.78, 5) is 12.2. The van der Waals surface area contributed by atoms with E-state index in [9.17, 15) is 4.79 Å². The van der Waals surface area contributed by atoms with Crippen molar-refractivity contribution >= 4 is 17.5 Å². The molecule has 2 aromatic rings. The van der Waals surface area contributed by atoms with Gasteiger partial charge in [0, 0.05) is 12.1 Å². The Balaban J connectivity index is 1.46. The summed E-state index contributed by atoms with van der Waals surface area (Å²) < 4.78 is 10.5. The van der Waals surface area contributed by atoms with Crippen molar-refractivity contribution in [1.82, 2.24) is 5.32 Å². The van der Waals surface area contributed by atoms with E-state index >= 15 is 0 Å². The molecule has 0 unspecified atom stereocenters. The molecule has 2 aromatic carbocycles. The minimum absolute atomic E-state index is 0.139. The molecule has 0 radical (unpaired) electrons. The lowest BCUT2D eigenvalue weighted by molar-refractivity contribution is 0.0952. The molecule has 1 heterocycles. The summed E-state index contributed by atoms with van der Waals surface area (Å²) in [5.74, 6) is 0.878. The fourth-order valence-corrected chi connectivity index (χ4v) is 2.77. The Morgan fingerprint density at radius 1 is 1.13 bits per heavy atom. The number of nitrogens with one attached hydrogen (secondary N) is 1. The van der Waals surface area contributed by atoms with Gasteiger partial charge in [0.1, 0.15) is 0 Å². The van der Waals surface area contributed by atoms with Gasteiger partial charge in [-0.05, 0) is 37.0 Å². The molecule has 0 saturated heterocycles. The molecule has 0 bridgehead atoms. The largest absolute Gasteiger partial charge is 0.454 e. The maximum atomic E-state index is 12.2. The van der Waals surface area contributed by atoms with Crippen LogP contribution in [0.2, 0.25) is 5.02 Å². The molecule has 1 aliphatic rings. The van der Waals surface area contributed by atoms with Crippen LogP contribution in [0.5, 0.6) is 11.5 Å². The summed E-state index contributed by atoms with van der Waals surface area (Å²) in [7, 11) is 0. The zero-order chi connectivity index (χ0) is 16.1. The number of rotatable bonds is 6. The number of halogens is 1. The van der Waals surface area contributed by atoms with Gasteiger partial charge < -0.3 is 14.8 Å². The molecule has 3 rings (SSSR count). The Hall–Kier alpha value is -2.20. The van der Waals surface area contributed by atoms with Gasteiger partial charge in [-0.15, -0.1) is 0 Å². The molecule has 23 heavy (non-hydrogen) atoms. The van der Waals surface area contributed by atoms with Crippen molar-refractivity contribution in [1.29, 1.82) is 0 Å². The van der Waals surface area contributed by atoms with Crippen LogP contribution in [0.3, 0.4) is 0 Å². The van der Waals surface area contributed by atoms with Gasteiger partial charge in [-0.3, -0.25) is 4.79 Å². The van der Waals surface area contributed by atoms with Gasteiger partial charge in [0.05, 0.1) is 5.02 Å². The smallest absolute Gasteiger partial charge is 0.251 e. The predicted octanol–water partition coefficient (Wildman–Crippen LogP) is 3.82. The zero-order valence-electron chi connectivity index (χ0n) is 12.7. The first-order chi connectivity index (χ1) is 11.2. The van der Waals surface area contributed by atoms with E-state index in [-0.39, 0.29) is 12.7 Å². The fraction of sp³-hybridized carbons (Fsp3) is 0.278. The summed E-state index contributed by atoms with van der Waals surface area (Å²) in [6.07, 6.45) is 2.98. The van der Waals surface area contributed by atoms with Gasteiger partial charge in [-0.25, -0.2) is 0 Å². The number of amides is 1. The number of unbranched alkanes of at least 4 members (excludes halogenated alkanes) is 1. The summed E-state index contributed by atoms with van der Waals surface area (Å²) in [6, 6.07) is 13.6. The van der Waals surface area contributed by atoms with Gasteiger partial charge in [0.25, 0.3) is 5.91 Å². The van der Waals surface area contributed by atoms with Crippen LogP contribution in [0, 0.1) is 0 Å². The first-order valence-corrected chi connectivity index (χ1v) is 8.03. The lowest BCUT2D eigenvalue weighted by Gasteiger charge is -2.07. The van der Waals surface area contributed by atoms with E-state index in [1.54, 1.807) is 12.1 Å². The van der Waals surface area contributed by atoms with Crippen LogP contribution in [0.1, 0.15) is 28.8 Å². The first kappa shape index (κ1) is 15.7. The van der Waals surface area contributed by atoms with Crippen LogP contribution in [0.15, 0.2) is 42.5 Å². The summed E-state index contributed by atoms with van der Waals surface area (Å²) in [6.45, 7) is 0.775. The highest BCUT2D eigenvalue weighted by atomic mass is 35.5. The molecule has 0 atom stereocenters. The van der Waals surface area contributed by atoms with E-state index in [1.165, 1.54) is 5.56 Å². The van der Waals surface area contributed by atoms with Gasteiger partial charge in [0.2, 0.25) is 6.79 Å². The van der Waals surface area contributed by atoms with Gasteiger partial charge in [-0.1, -0.05) is 41.9 Å². The maximum Gasteiger partial charge on any atom is 0.251 e. The second-order valence-corrected chi connectivity index (χ2v) is 5.80. The number of fused-ring (bicyclic) bond motifs is 1. The summed E-state index contributed by atoms with van der Waals surface area (Å²) >= 11 is 6.09. The van der Waals surface area contributed by atoms with Crippen molar-refractivity contribution < 1.29 is 14.3 Å². The van der Waals surface area contributed by atoms with Crippen molar-refractivity contribution in [2.75, 3.05) is 13.3 Å². The van der Waals surface area contributed by atoms with Crippen molar-refractivity contribution in [3.63, 3.8) is 0 Å². The maximum absolute atomic E-state index is 12.2. The molecular weight excluding hydrogens is 314 g/mol. The highest BCUT2D eigenvalue weighted by Gasteiger charge is 2.20. The van der Waals surface area contributed by atoms with Gasteiger partial charge in [0.15, 0.2) is 11.5 Å². The average Bonchev–Trinajstić information content (AvgIpc) is 3.04. The Labute approximate surface area is 140 Å². The third-order valence-corrected chi connectivity index (χ3v) is 3.99. The van der Waals surface area contributed by atoms with Crippen LogP contribution in [0.25, 0.3) is 0 Å². The van der Waals surface area contributed by atoms with Crippen LogP contribution in [-0.4, -0.2) is 19.2 Å². The molecule has 0 aromatic heterocycles. The van der Waals surface area contributed by atoms with Crippen LogP contribution < -0.4 is 14.8 Å². The number of hydrogen-bond donors (Lipinski definition) is 1. The highest BCUT2D eigenvalue weighted by Crippen LogP contribution is 2.39. The second-order valence-electron chi connectivity index (χ2n) is 5.39. The lowest BCUT2D eigenvalue weighted by Crippen LogP contribution is -2.24. The minimum Gasteiger partial charge on any atom is -0.454 e. The Bertz CT molecular complexity index is 688. The quantitative estimate of drug-likeness (QED) is 0.818. The van der Waals surface area contributed by atoms with Gasteiger partial charge in [-0.2, -0.15) is 0 Å². The van der Waals surface area contributed by atoms with E-state index in [2.05, 4.69) is 17.4 Å². The van der Waals surface area contributed by atoms with Crippen molar-refractivity contribution in [2.45, 2.75) is 19.3 Å². The highest BCUT2D eigenvalue weighted by molar-refractivity contribution is 6.32. The number of carbonyl (C=O) groups excluding carboxylic acids is 1. The van der Waals surface area contributed by atoms with Gasteiger partial charge >= 0.3 is 0 Å². The van der Waals surface area contributed by atoms with Crippen molar-refractivity contribution in [3.05, 3.63) is 58.6 Å². The van der Waals surface area contributed by atoms with E-state index in [1.807, 2.05) is 18.2 Å². The zero-order valence-corrected chi connectivity index (χ0v) is 13.4. The Kier molecular flexibility index (Phi) is 5.03. The number of benzene rings is 2. The number of ether oxygens (including phenoxy) is 2. The molecule has 0 fully saturated rings. The van der Waals surface area contributed by atoms with Crippen LogP contribution in [0.4, 0.5) is 0 Å². The van der Waals surface area contributed by atoms with E-state index < -0.39 is 0 Å². The van der Waals surface area contributed by atoms with E-state index in [0.717, 1.165) is 19.3 Å². The topological polar surface area (TPSA) is 47.6 Å². The average molecular weight is 332 g/mol. The Morgan fingerprint density at radius 3 is 2.78 bits per heavy atom. The molecule has 1 N–H and O–H groups in total. The van der Waals surface area contributed by atoms with E-state index in [0.29, 0.717) is 28.6 Å². The SMILES string of the molecule is O=C(NCCCCc1ccccc1)c1cc(Cl)c2c(c1)OCO2. The molecule has 4 nitrogen and oxygen atoms in total. The number of hydrogen-bond acceptors (Lipinski definition) is 3. The fourth-order valence-electron chi connectivity index (χ4n) is 2.50. The van der Waals surface area contributed by atoms with E-state index in [4.69, 9.17) is 21.1 Å². The monoisotopic (exact) mass is 331 g/mol. The van der Waals surface area contributed by atoms with Crippen LogP contribution >= 0.6 is 11.6 Å². The molecule has 0 aliphatic carbocycles. The first-order valence-electron chi connectivity index (χ1n) is 7.65. The van der Waals surface area contributed by atoms with Crippen molar-refractivity contribution in [2.24, 2.45) is 0 Å². The molecule has 0 saturated carbocycles. The molecular formula is C18H18ClNO3. The summed E-state index contributed by atoms with van der Waals surface area (Å²) in [5.41, 5.74) is 1.81. The molecule has 5 heteroatoms. The molecule has 120 valence electrons. The number of aryl methyl sites for hydroxylation is 1. The predicted molar refractivity (Wildman–Crippen MR) is 89.3 cm³/mol. The molecule has 1 amide bonds. The standard InChI is InChI=1S/C18H18ClNO3/c19-15-10-14(11-16-17(15)23-12-22-16)18(21)20-9-5-4-8-13-6-2-1-3-7-13/h1-3,6-7,10-11H,4-5,8-9,12H2,(H,20,21). The molecule has 1 aliphatic heterocycles. The third kappa shape index (κ3) is 3.96. The van der Waals surface area contributed by atoms with Crippen molar-refractivity contribution in [3.8, 4) is 11.5 Å². The summed E-state index contributed by atoms with van der Waals surface area (Å²) in [5, 5.41) is 3.31.